The predicted molar refractivity (Wildman–Crippen MR) is 37.2 cm³/mol. The SMILES string of the molecule is C=CCNC1CCCO1. The normalized spacial score (nSPS) is 26.4. The highest BCUT2D eigenvalue weighted by Crippen LogP contribution is 2.07. The summed E-state index contributed by atoms with van der Waals surface area (Å²) in [5.74, 6) is 0. The minimum atomic E-state index is 0.294. The van der Waals surface area contributed by atoms with E-state index in [0.717, 1.165) is 19.6 Å². The van der Waals surface area contributed by atoms with Crippen LogP contribution in [-0.4, -0.2) is 19.4 Å². The van der Waals surface area contributed by atoms with Crippen molar-refractivity contribution < 1.29 is 4.74 Å². The summed E-state index contributed by atoms with van der Waals surface area (Å²) in [6.45, 7) is 5.37. The fourth-order valence-corrected chi connectivity index (χ4v) is 0.953. The molecule has 2 heteroatoms. The lowest BCUT2D eigenvalue weighted by Gasteiger charge is -2.08. The second-order valence-corrected chi connectivity index (χ2v) is 2.20. The summed E-state index contributed by atoms with van der Waals surface area (Å²) in [6, 6.07) is 0. The molecule has 1 unspecified atom stereocenters. The van der Waals surface area contributed by atoms with Gasteiger partial charge in [0.05, 0.1) is 0 Å². The van der Waals surface area contributed by atoms with Crippen LogP contribution in [-0.2, 0) is 4.74 Å². The largest absolute Gasteiger partial charge is 0.363 e. The zero-order valence-corrected chi connectivity index (χ0v) is 5.60. The Kier molecular flexibility index (Phi) is 2.74. The van der Waals surface area contributed by atoms with Crippen LogP contribution in [0.3, 0.4) is 0 Å². The van der Waals surface area contributed by atoms with Gasteiger partial charge in [-0.25, -0.2) is 0 Å². The van der Waals surface area contributed by atoms with Crippen LogP contribution in [0.15, 0.2) is 12.7 Å². The van der Waals surface area contributed by atoms with Gasteiger partial charge in [-0.2, -0.15) is 0 Å². The van der Waals surface area contributed by atoms with Gasteiger partial charge < -0.3 is 4.74 Å². The first-order chi connectivity index (χ1) is 4.43. The van der Waals surface area contributed by atoms with Gasteiger partial charge in [0.1, 0.15) is 6.23 Å². The maximum absolute atomic E-state index is 5.30. The molecule has 1 heterocycles. The topological polar surface area (TPSA) is 21.3 Å². The molecule has 1 fully saturated rings. The Labute approximate surface area is 55.9 Å². The van der Waals surface area contributed by atoms with E-state index in [-0.39, 0.29) is 0 Å². The van der Waals surface area contributed by atoms with E-state index in [2.05, 4.69) is 11.9 Å². The second-order valence-electron chi connectivity index (χ2n) is 2.20. The first kappa shape index (κ1) is 6.78. The second kappa shape index (κ2) is 3.64. The molecule has 9 heavy (non-hydrogen) atoms. The Morgan fingerprint density at radius 1 is 1.78 bits per heavy atom. The first-order valence-electron chi connectivity index (χ1n) is 3.39. The zero-order valence-electron chi connectivity index (χ0n) is 5.60. The average molecular weight is 127 g/mol. The van der Waals surface area contributed by atoms with Crippen LogP contribution in [0.1, 0.15) is 12.8 Å². The molecule has 0 bridgehead atoms. The number of hydrogen-bond donors (Lipinski definition) is 1. The lowest BCUT2D eigenvalue weighted by molar-refractivity contribution is 0.0874. The summed E-state index contributed by atoms with van der Waals surface area (Å²) in [4.78, 5) is 0. The number of nitrogens with one attached hydrogen (secondary N) is 1. The van der Waals surface area contributed by atoms with E-state index in [1.807, 2.05) is 6.08 Å². The van der Waals surface area contributed by atoms with Crippen molar-refractivity contribution >= 4 is 0 Å². The zero-order chi connectivity index (χ0) is 6.53. The van der Waals surface area contributed by atoms with Gasteiger partial charge in [-0.15, -0.1) is 6.58 Å². The highest BCUT2D eigenvalue weighted by Gasteiger charge is 2.12. The molecule has 0 spiro atoms. The van der Waals surface area contributed by atoms with Gasteiger partial charge in [0, 0.05) is 13.2 Å². The average Bonchev–Trinajstić information content (AvgIpc) is 2.34. The van der Waals surface area contributed by atoms with Gasteiger partial charge >= 0.3 is 0 Å². The van der Waals surface area contributed by atoms with Crippen molar-refractivity contribution in [2.75, 3.05) is 13.2 Å². The molecule has 0 saturated carbocycles. The van der Waals surface area contributed by atoms with Crippen molar-refractivity contribution in [1.82, 2.24) is 5.32 Å². The lowest BCUT2D eigenvalue weighted by atomic mass is 10.3. The van der Waals surface area contributed by atoms with E-state index in [4.69, 9.17) is 4.74 Å². The summed E-state index contributed by atoms with van der Waals surface area (Å²) >= 11 is 0. The summed E-state index contributed by atoms with van der Waals surface area (Å²) in [5.41, 5.74) is 0. The smallest absolute Gasteiger partial charge is 0.108 e. The number of hydrogen-bond acceptors (Lipinski definition) is 2. The minimum absolute atomic E-state index is 0.294. The Morgan fingerprint density at radius 3 is 3.22 bits per heavy atom. The minimum Gasteiger partial charge on any atom is -0.363 e. The van der Waals surface area contributed by atoms with Crippen LogP contribution < -0.4 is 5.32 Å². The van der Waals surface area contributed by atoms with Crippen LogP contribution in [0.25, 0.3) is 0 Å². The van der Waals surface area contributed by atoms with Gasteiger partial charge in [-0.05, 0) is 12.8 Å². The quantitative estimate of drug-likeness (QED) is 0.569. The maximum Gasteiger partial charge on any atom is 0.108 e. The molecule has 0 aromatic carbocycles. The molecule has 1 atom stereocenters. The molecule has 1 aliphatic rings. The van der Waals surface area contributed by atoms with Crippen LogP contribution >= 0.6 is 0 Å². The molecule has 0 aliphatic carbocycles. The van der Waals surface area contributed by atoms with Crippen LogP contribution in [0.2, 0.25) is 0 Å². The Hall–Kier alpha value is -0.340. The van der Waals surface area contributed by atoms with Gasteiger partial charge in [0.15, 0.2) is 0 Å². The van der Waals surface area contributed by atoms with Crippen molar-refractivity contribution in [2.24, 2.45) is 0 Å². The molecular weight excluding hydrogens is 114 g/mol. The van der Waals surface area contributed by atoms with E-state index in [1.165, 1.54) is 6.42 Å². The van der Waals surface area contributed by atoms with Crippen molar-refractivity contribution in [1.29, 1.82) is 0 Å². The summed E-state index contributed by atoms with van der Waals surface area (Å²) in [7, 11) is 0. The van der Waals surface area contributed by atoms with Gasteiger partial charge in [-0.3, -0.25) is 5.32 Å². The third kappa shape index (κ3) is 2.16. The van der Waals surface area contributed by atoms with Crippen molar-refractivity contribution in [3.8, 4) is 0 Å². The summed E-state index contributed by atoms with van der Waals surface area (Å²) in [5, 5.41) is 3.19. The van der Waals surface area contributed by atoms with E-state index in [0.29, 0.717) is 6.23 Å². The molecule has 1 rings (SSSR count). The van der Waals surface area contributed by atoms with Crippen LogP contribution in [0.4, 0.5) is 0 Å². The molecule has 0 aromatic rings. The Balaban J connectivity index is 2.04. The highest BCUT2D eigenvalue weighted by molar-refractivity contribution is 4.72. The predicted octanol–water partition coefficient (Wildman–Crippen LogP) is 0.898. The number of rotatable bonds is 3. The van der Waals surface area contributed by atoms with E-state index in [9.17, 15) is 0 Å². The highest BCUT2D eigenvalue weighted by atomic mass is 16.5. The molecule has 0 radical (unpaired) electrons. The molecule has 0 amide bonds. The Morgan fingerprint density at radius 2 is 2.67 bits per heavy atom. The maximum atomic E-state index is 5.30. The monoisotopic (exact) mass is 127 g/mol. The summed E-state index contributed by atoms with van der Waals surface area (Å²) in [6.07, 6.45) is 4.48. The van der Waals surface area contributed by atoms with Gasteiger partial charge in [-0.1, -0.05) is 6.08 Å². The molecular formula is C7H13NO. The van der Waals surface area contributed by atoms with Crippen molar-refractivity contribution in [2.45, 2.75) is 19.1 Å². The fourth-order valence-electron chi connectivity index (χ4n) is 0.953. The van der Waals surface area contributed by atoms with Crippen molar-refractivity contribution in [3.05, 3.63) is 12.7 Å². The van der Waals surface area contributed by atoms with Crippen LogP contribution in [0, 0.1) is 0 Å². The molecule has 52 valence electrons. The van der Waals surface area contributed by atoms with Crippen LogP contribution in [0.5, 0.6) is 0 Å². The molecule has 2 nitrogen and oxygen atoms in total. The number of ether oxygens (including phenoxy) is 1. The molecule has 1 aliphatic heterocycles. The third-order valence-electron chi connectivity index (χ3n) is 1.42. The molecule has 1 saturated heterocycles. The summed E-state index contributed by atoms with van der Waals surface area (Å²) < 4.78 is 5.30. The van der Waals surface area contributed by atoms with E-state index in [1.54, 1.807) is 0 Å². The fraction of sp³-hybridized carbons (Fsp3) is 0.714. The van der Waals surface area contributed by atoms with Gasteiger partial charge in [0.25, 0.3) is 0 Å². The van der Waals surface area contributed by atoms with Crippen molar-refractivity contribution in [3.63, 3.8) is 0 Å². The van der Waals surface area contributed by atoms with E-state index < -0.39 is 0 Å². The Bertz CT molecular complexity index is 86.9. The molecule has 1 N–H and O–H groups in total. The lowest BCUT2D eigenvalue weighted by Crippen LogP contribution is -2.27. The standard InChI is InChI=1S/C7H13NO/c1-2-5-8-7-4-3-6-9-7/h2,7-8H,1,3-6H2. The molecule has 0 aromatic heterocycles. The third-order valence-corrected chi connectivity index (χ3v) is 1.42. The van der Waals surface area contributed by atoms with Gasteiger partial charge in [0.2, 0.25) is 0 Å². The first-order valence-corrected chi connectivity index (χ1v) is 3.39. The van der Waals surface area contributed by atoms with E-state index >= 15 is 0 Å².